The number of aromatic nitrogens is 4. The molecule has 10 aromatic carbocycles. The van der Waals surface area contributed by atoms with Crippen LogP contribution in [-0.2, 0) is 0 Å². The standard InChI is InChI=1S/C61H40N4/c1-39-17-16-18-40(31-39)41-32-44(64-56-29-14-10-25-48(56)52-35-50-46-23-8-12-27-54(46)62(58(50)37-60(52)64)42-19-4-2-5-20-42)34-45(33-41)65-57-30-15-11-26-49(57)53-36-51-47-24-9-13-28-55(47)63(59(51)38-61(53)65)43-21-6-3-7-22-43/h2-38H,1H3. The summed E-state index contributed by atoms with van der Waals surface area (Å²) in [5.41, 5.74) is 17.6. The van der Waals surface area contributed by atoms with E-state index in [0.29, 0.717) is 0 Å². The van der Waals surface area contributed by atoms with Crippen molar-refractivity contribution in [3.63, 3.8) is 0 Å². The zero-order chi connectivity index (χ0) is 42.8. The minimum atomic E-state index is 1.11. The van der Waals surface area contributed by atoms with E-state index in [-0.39, 0.29) is 0 Å². The average Bonchev–Trinajstić information content (AvgIpc) is 4.07. The van der Waals surface area contributed by atoms with Gasteiger partial charge in [0.05, 0.1) is 44.1 Å². The molecule has 304 valence electrons. The lowest BCUT2D eigenvalue weighted by Crippen LogP contribution is -2.01. The Hall–Kier alpha value is -8.60. The molecule has 4 heteroatoms. The minimum absolute atomic E-state index is 1.11. The van der Waals surface area contributed by atoms with Gasteiger partial charge in [0.25, 0.3) is 0 Å². The van der Waals surface area contributed by atoms with Gasteiger partial charge in [0.15, 0.2) is 0 Å². The Morgan fingerprint density at radius 1 is 0.215 bits per heavy atom. The Balaban J connectivity index is 1.11. The largest absolute Gasteiger partial charge is 0.309 e. The van der Waals surface area contributed by atoms with Gasteiger partial charge in [-0.1, -0.05) is 139 Å². The summed E-state index contributed by atoms with van der Waals surface area (Å²) in [6.07, 6.45) is 0. The van der Waals surface area contributed by atoms with Gasteiger partial charge in [0.1, 0.15) is 0 Å². The molecule has 4 aromatic heterocycles. The summed E-state index contributed by atoms with van der Waals surface area (Å²) in [5.74, 6) is 0. The first-order valence-corrected chi connectivity index (χ1v) is 22.4. The molecule has 0 amide bonds. The highest BCUT2D eigenvalue weighted by Gasteiger charge is 2.22. The molecule has 0 saturated heterocycles. The zero-order valence-corrected chi connectivity index (χ0v) is 35.7. The quantitative estimate of drug-likeness (QED) is 0.165. The van der Waals surface area contributed by atoms with E-state index in [1.54, 1.807) is 0 Å². The number of hydrogen-bond donors (Lipinski definition) is 0. The third-order valence-corrected chi connectivity index (χ3v) is 13.7. The minimum Gasteiger partial charge on any atom is -0.309 e. The first-order chi connectivity index (χ1) is 32.2. The van der Waals surface area contributed by atoms with Gasteiger partial charge in [-0.3, -0.25) is 0 Å². The fourth-order valence-corrected chi connectivity index (χ4v) is 11.0. The van der Waals surface area contributed by atoms with Crippen LogP contribution < -0.4 is 0 Å². The van der Waals surface area contributed by atoms with Crippen molar-refractivity contribution in [1.82, 2.24) is 18.3 Å². The molecule has 4 nitrogen and oxygen atoms in total. The second-order valence-corrected chi connectivity index (χ2v) is 17.5. The predicted octanol–water partition coefficient (Wildman–Crippen LogP) is 16.1. The summed E-state index contributed by atoms with van der Waals surface area (Å²) in [4.78, 5) is 0. The van der Waals surface area contributed by atoms with Crippen LogP contribution in [0.4, 0.5) is 0 Å². The molecule has 14 aromatic rings. The maximum absolute atomic E-state index is 2.50. The van der Waals surface area contributed by atoms with E-state index in [1.807, 2.05) is 0 Å². The van der Waals surface area contributed by atoms with Crippen LogP contribution in [0.25, 0.3) is 121 Å². The first kappa shape index (κ1) is 35.9. The highest BCUT2D eigenvalue weighted by molar-refractivity contribution is 6.21. The van der Waals surface area contributed by atoms with Crippen molar-refractivity contribution in [2.45, 2.75) is 6.92 Å². The first-order valence-electron chi connectivity index (χ1n) is 22.4. The number of hydrogen-bond acceptors (Lipinski definition) is 0. The molecular formula is C61H40N4. The van der Waals surface area contributed by atoms with Gasteiger partial charge in [-0.25, -0.2) is 0 Å². The van der Waals surface area contributed by atoms with Crippen LogP contribution in [0.3, 0.4) is 0 Å². The lowest BCUT2D eigenvalue weighted by molar-refractivity contribution is 1.13. The topological polar surface area (TPSA) is 19.7 Å². The Bertz CT molecular complexity index is 3990. The van der Waals surface area contributed by atoms with Crippen LogP contribution >= 0.6 is 0 Å². The molecule has 14 rings (SSSR count). The van der Waals surface area contributed by atoms with Crippen LogP contribution in [0.1, 0.15) is 5.56 Å². The van der Waals surface area contributed by atoms with E-state index in [4.69, 9.17) is 0 Å². The summed E-state index contributed by atoms with van der Waals surface area (Å²) in [5, 5.41) is 9.94. The van der Waals surface area contributed by atoms with E-state index >= 15 is 0 Å². The molecule has 4 heterocycles. The fraction of sp³-hybridized carbons (Fsp3) is 0.0164. The summed E-state index contributed by atoms with van der Waals surface area (Å²) >= 11 is 0. The second-order valence-electron chi connectivity index (χ2n) is 17.5. The smallest absolute Gasteiger partial charge is 0.0562 e. The van der Waals surface area contributed by atoms with Gasteiger partial charge in [-0.15, -0.1) is 0 Å². The lowest BCUT2D eigenvalue weighted by Gasteiger charge is -2.16. The van der Waals surface area contributed by atoms with Crippen molar-refractivity contribution >= 4 is 87.2 Å². The van der Waals surface area contributed by atoms with E-state index < -0.39 is 0 Å². The van der Waals surface area contributed by atoms with Crippen molar-refractivity contribution < 1.29 is 0 Å². The van der Waals surface area contributed by atoms with Crippen molar-refractivity contribution in [1.29, 1.82) is 0 Å². The maximum atomic E-state index is 2.50. The van der Waals surface area contributed by atoms with E-state index in [0.717, 1.165) is 28.3 Å². The Morgan fingerprint density at radius 2 is 0.569 bits per heavy atom. The third-order valence-electron chi connectivity index (χ3n) is 13.7. The van der Waals surface area contributed by atoms with E-state index in [2.05, 4.69) is 250 Å². The normalized spacial score (nSPS) is 12.1. The molecule has 0 radical (unpaired) electrons. The van der Waals surface area contributed by atoms with Crippen molar-refractivity contribution in [2.24, 2.45) is 0 Å². The summed E-state index contributed by atoms with van der Waals surface area (Å²) < 4.78 is 9.85. The van der Waals surface area contributed by atoms with E-state index in [1.165, 1.54) is 98.4 Å². The number of rotatable bonds is 5. The summed E-state index contributed by atoms with van der Waals surface area (Å²) in [6, 6.07) is 82.8. The molecule has 0 aliphatic rings. The second kappa shape index (κ2) is 13.7. The van der Waals surface area contributed by atoms with Gasteiger partial charge in [0, 0.05) is 65.8 Å². The van der Waals surface area contributed by atoms with Gasteiger partial charge >= 0.3 is 0 Å². The molecule has 0 saturated carbocycles. The Labute approximate surface area is 374 Å². The zero-order valence-electron chi connectivity index (χ0n) is 35.7. The number of benzene rings is 10. The van der Waals surface area contributed by atoms with E-state index in [9.17, 15) is 0 Å². The average molecular weight is 829 g/mol. The molecule has 65 heavy (non-hydrogen) atoms. The fourth-order valence-electron chi connectivity index (χ4n) is 11.0. The summed E-state index contributed by atoms with van der Waals surface area (Å²) in [6.45, 7) is 2.18. The lowest BCUT2D eigenvalue weighted by atomic mass is 10.0. The molecule has 0 fully saturated rings. The van der Waals surface area contributed by atoms with Crippen LogP contribution in [0, 0.1) is 6.92 Å². The van der Waals surface area contributed by atoms with Gasteiger partial charge in [-0.2, -0.15) is 0 Å². The molecule has 0 atom stereocenters. The van der Waals surface area contributed by atoms with Crippen LogP contribution in [0.5, 0.6) is 0 Å². The number of fused-ring (bicyclic) bond motifs is 12. The van der Waals surface area contributed by atoms with Crippen LogP contribution in [0.2, 0.25) is 0 Å². The van der Waals surface area contributed by atoms with Crippen molar-refractivity contribution in [3.8, 4) is 33.9 Å². The maximum Gasteiger partial charge on any atom is 0.0562 e. The summed E-state index contributed by atoms with van der Waals surface area (Å²) in [7, 11) is 0. The number of aryl methyl sites for hydroxylation is 1. The highest BCUT2D eigenvalue weighted by atomic mass is 15.0. The molecule has 0 N–H and O–H groups in total. The molecule has 0 bridgehead atoms. The number of nitrogens with zero attached hydrogens (tertiary/aromatic N) is 4. The highest BCUT2D eigenvalue weighted by Crippen LogP contribution is 2.43. The number of para-hydroxylation sites is 6. The van der Waals surface area contributed by atoms with Crippen LogP contribution in [0.15, 0.2) is 224 Å². The molecule has 0 aliphatic heterocycles. The van der Waals surface area contributed by atoms with Crippen LogP contribution in [-0.4, -0.2) is 18.3 Å². The Morgan fingerprint density at radius 3 is 0.954 bits per heavy atom. The monoisotopic (exact) mass is 828 g/mol. The van der Waals surface area contributed by atoms with Gasteiger partial charge in [0.2, 0.25) is 0 Å². The predicted molar refractivity (Wildman–Crippen MR) is 274 cm³/mol. The van der Waals surface area contributed by atoms with Gasteiger partial charge in [-0.05, 0) is 109 Å². The SMILES string of the molecule is Cc1cccc(-c2cc(-n3c4ccccc4c4cc5c6ccccc6n(-c6ccccc6)c5cc43)cc(-n3c4ccccc4c4cc5c6ccccc6n(-c6ccccc6)c5cc43)c2)c1. The molecule has 0 aliphatic carbocycles. The van der Waals surface area contributed by atoms with Gasteiger partial charge < -0.3 is 18.3 Å². The molecular weight excluding hydrogens is 789 g/mol. The molecule has 0 spiro atoms. The third kappa shape index (κ3) is 5.25. The molecule has 0 unspecified atom stereocenters. The van der Waals surface area contributed by atoms with Crippen molar-refractivity contribution in [3.05, 3.63) is 230 Å². The Kier molecular flexibility index (Phi) is 7.57. The van der Waals surface area contributed by atoms with Crippen molar-refractivity contribution in [2.75, 3.05) is 0 Å².